The number of methoxy groups -OCH3 is 1. The van der Waals surface area contributed by atoms with Crippen molar-refractivity contribution in [1.29, 1.82) is 0 Å². The summed E-state index contributed by atoms with van der Waals surface area (Å²) < 4.78 is 45.2. The van der Waals surface area contributed by atoms with Gasteiger partial charge in [-0.3, -0.25) is 0 Å². The number of hydrogen-bond donors (Lipinski definition) is 0. The molecule has 0 spiro atoms. The van der Waals surface area contributed by atoms with Crippen molar-refractivity contribution >= 4 is 0 Å². The molecule has 2 fully saturated rings. The highest BCUT2D eigenvalue weighted by molar-refractivity contribution is 5.26. The van der Waals surface area contributed by atoms with Crippen molar-refractivity contribution in [2.45, 2.75) is 84.0 Å². The Kier molecular flexibility index (Phi) is 9.54. The van der Waals surface area contributed by atoms with Gasteiger partial charge in [-0.25, -0.2) is 8.78 Å². The maximum absolute atomic E-state index is 14.1. The van der Waals surface area contributed by atoms with Crippen LogP contribution in [0.1, 0.15) is 75.8 Å². The van der Waals surface area contributed by atoms with Gasteiger partial charge >= 0.3 is 0 Å². The van der Waals surface area contributed by atoms with E-state index in [9.17, 15) is 8.78 Å². The van der Waals surface area contributed by atoms with E-state index in [0.29, 0.717) is 24.2 Å². The third kappa shape index (κ3) is 6.73. The first-order valence-corrected chi connectivity index (χ1v) is 11.8. The molecule has 0 bridgehead atoms. The first-order valence-electron chi connectivity index (χ1n) is 11.8. The molecule has 2 aliphatic rings. The second-order valence-corrected chi connectivity index (χ2v) is 9.19. The Morgan fingerprint density at radius 3 is 2.20 bits per heavy atom. The molecule has 1 aliphatic carbocycles. The van der Waals surface area contributed by atoms with Crippen LogP contribution in [-0.4, -0.2) is 26.6 Å². The van der Waals surface area contributed by atoms with Gasteiger partial charge in [0.05, 0.1) is 19.8 Å². The van der Waals surface area contributed by atoms with Crippen LogP contribution >= 0.6 is 0 Å². The number of ether oxygens (including phenoxy) is 3. The molecule has 0 aromatic heterocycles. The van der Waals surface area contributed by atoms with Crippen molar-refractivity contribution in [1.82, 2.24) is 0 Å². The first-order chi connectivity index (χ1) is 14.6. The normalized spacial score (nSPS) is 27.3. The zero-order chi connectivity index (χ0) is 21.3. The molecule has 170 valence electrons. The van der Waals surface area contributed by atoms with Crippen LogP contribution in [0.5, 0.6) is 0 Å². The predicted molar refractivity (Wildman–Crippen MR) is 114 cm³/mol. The Hall–Kier alpha value is -1.04. The second kappa shape index (κ2) is 12.1. The highest BCUT2D eigenvalue weighted by Gasteiger charge is 2.32. The zero-order valence-corrected chi connectivity index (χ0v) is 18.6. The zero-order valence-electron chi connectivity index (χ0n) is 18.6. The summed E-state index contributed by atoms with van der Waals surface area (Å²) in [5.41, 5.74) is 0.752. The molecule has 3 rings (SSSR count). The molecule has 1 saturated carbocycles. The van der Waals surface area contributed by atoms with Gasteiger partial charge in [0.1, 0.15) is 11.6 Å². The van der Waals surface area contributed by atoms with Crippen LogP contribution in [0.2, 0.25) is 0 Å². The molecule has 0 atom stereocenters. The average Bonchev–Trinajstić information content (AvgIpc) is 2.76. The summed E-state index contributed by atoms with van der Waals surface area (Å²) in [5.74, 6) is 0.642. The molecule has 30 heavy (non-hydrogen) atoms. The van der Waals surface area contributed by atoms with Crippen molar-refractivity contribution in [2.75, 3.05) is 20.3 Å². The van der Waals surface area contributed by atoms with Crippen LogP contribution in [0.3, 0.4) is 0 Å². The maximum atomic E-state index is 14.1. The van der Waals surface area contributed by atoms with Crippen LogP contribution in [0, 0.1) is 29.4 Å². The molecule has 5 heteroatoms. The highest BCUT2D eigenvalue weighted by Crippen LogP contribution is 2.36. The van der Waals surface area contributed by atoms with Crippen molar-refractivity contribution in [3.63, 3.8) is 0 Å². The molecule has 0 amide bonds. The molecular weight excluding hydrogens is 386 g/mol. The Bertz CT molecular complexity index is 612. The van der Waals surface area contributed by atoms with Crippen LogP contribution in [0.25, 0.3) is 0 Å². The van der Waals surface area contributed by atoms with Crippen LogP contribution in [-0.2, 0) is 27.2 Å². The van der Waals surface area contributed by atoms with Crippen molar-refractivity contribution in [3.8, 4) is 0 Å². The Morgan fingerprint density at radius 1 is 0.933 bits per heavy atom. The van der Waals surface area contributed by atoms with Gasteiger partial charge in [-0.15, -0.1) is 0 Å². The summed E-state index contributed by atoms with van der Waals surface area (Å²) in [5, 5.41) is 0. The van der Waals surface area contributed by atoms with Gasteiger partial charge in [0.2, 0.25) is 0 Å². The van der Waals surface area contributed by atoms with E-state index in [-0.39, 0.29) is 18.5 Å². The average molecular weight is 425 g/mol. The largest absolute Gasteiger partial charge is 0.380 e. The molecule has 0 unspecified atom stereocenters. The fraction of sp³-hybridized carbons (Fsp3) is 0.760. The van der Waals surface area contributed by atoms with Crippen LogP contribution < -0.4 is 0 Å². The van der Waals surface area contributed by atoms with Gasteiger partial charge in [0.15, 0.2) is 6.29 Å². The summed E-state index contributed by atoms with van der Waals surface area (Å²) >= 11 is 0. The van der Waals surface area contributed by atoms with E-state index in [0.717, 1.165) is 50.9 Å². The first kappa shape index (κ1) is 23.6. The molecule has 1 aliphatic heterocycles. The minimum absolute atomic E-state index is 0.0156. The summed E-state index contributed by atoms with van der Waals surface area (Å²) in [6, 6.07) is 2.92. The van der Waals surface area contributed by atoms with Crippen LogP contribution in [0.15, 0.2) is 12.1 Å². The molecule has 3 nitrogen and oxygen atoms in total. The molecule has 1 saturated heterocycles. The third-order valence-corrected chi connectivity index (χ3v) is 6.82. The van der Waals surface area contributed by atoms with Gasteiger partial charge in [-0.05, 0) is 68.6 Å². The minimum atomic E-state index is -0.504. The van der Waals surface area contributed by atoms with E-state index in [1.165, 1.54) is 44.9 Å². The molecular formula is C25H38F2O3. The molecule has 1 aromatic rings. The van der Waals surface area contributed by atoms with Gasteiger partial charge in [-0.2, -0.15) is 0 Å². The van der Waals surface area contributed by atoms with E-state index in [1.807, 2.05) is 0 Å². The standard InChI is InChI=1S/C25H38F2O3/c1-3-4-5-6-20-15-29-25(30-16-20)21-11-9-18(10-12-21)7-8-19-13-23(26)22(17-28-2)24(27)14-19/h13-14,18,20-21,25H,3-12,15-17H2,1-2H3/t18?,20-,21?,25-. The van der Waals surface area contributed by atoms with Crippen molar-refractivity contribution < 1.29 is 23.0 Å². The Morgan fingerprint density at radius 2 is 1.60 bits per heavy atom. The third-order valence-electron chi connectivity index (χ3n) is 6.82. The number of hydrogen-bond acceptors (Lipinski definition) is 3. The van der Waals surface area contributed by atoms with E-state index < -0.39 is 11.6 Å². The smallest absolute Gasteiger partial charge is 0.160 e. The number of halogens is 2. The lowest BCUT2D eigenvalue weighted by molar-refractivity contribution is -0.230. The van der Waals surface area contributed by atoms with Gasteiger partial charge in [-0.1, -0.05) is 26.2 Å². The Balaban J connectivity index is 1.37. The molecule has 0 radical (unpaired) electrons. The SMILES string of the molecule is CCCCC[C@H]1CO[C@H](C2CCC(CCc3cc(F)c(COC)c(F)c3)CC2)OC1. The lowest BCUT2D eigenvalue weighted by Crippen LogP contribution is -2.38. The topological polar surface area (TPSA) is 27.7 Å². The van der Waals surface area contributed by atoms with Crippen molar-refractivity contribution in [2.24, 2.45) is 17.8 Å². The van der Waals surface area contributed by atoms with E-state index in [1.54, 1.807) is 0 Å². The fourth-order valence-electron chi connectivity index (χ4n) is 4.88. The number of benzene rings is 1. The molecule has 1 heterocycles. The number of rotatable bonds is 10. The second-order valence-electron chi connectivity index (χ2n) is 9.19. The summed E-state index contributed by atoms with van der Waals surface area (Å²) in [7, 11) is 1.44. The van der Waals surface area contributed by atoms with Gasteiger partial charge in [0, 0.05) is 24.5 Å². The van der Waals surface area contributed by atoms with Gasteiger partial charge < -0.3 is 14.2 Å². The Labute approximate surface area is 180 Å². The monoisotopic (exact) mass is 424 g/mol. The maximum Gasteiger partial charge on any atom is 0.160 e. The van der Waals surface area contributed by atoms with E-state index in [4.69, 9.17) is 14.2 Å². The van der Waals surface area contributed by atoms with Crippen molar-refractivity contribution in [3.05, 3.63) is 34.9 Å². The summed E-state index contributed by atoms with van der Waals surface area (Å²) in [6.45, 7) is 3.87. The predicted octanol–water partition coefficient (Wildman–Crippen LogP) is 6.42. The van der Waals surface area contributed by atoms with Crippen LogP contribution in [0.4, 0.5) is 8.78 Å². The van der Waals surface area contributed by atoms with E-state index >= 15 is 0 Å². The number of unbranched alkanes of at least 4 members (excludes halogenated alkanes) is 2. The molecule has 0 N–H and O–H groups in total. The highest BCUT2D eigenvalue weighted by atomic mass is 19.1. The quantitative estimate of drug-likeness (QED) is 0.406. The summed E-state index contributed by atoms with van der Waals surface area (Å²) in [4.78, 5) is 0. The minimum Gasteiger partial charge on any atom is -0.380 e. The van der Waals surface area contributed by atoms with Gasteiger partial charge in [0.25, 0.3) is 0 Å². The fourth-order valence-corrected chi connectivity index (χ4v) is 4.88. The molecule has 1 aromatic carbocycles. The summed E-state index contributed by atoms with van der Waals surface area (Å²) in [6.07, 6.45) is 11.2. The number of aryl methyl sites for hydroxylation is 1. The van der Waals surface area contributed by atoms with E-state index in [2.05, 4.69) is 6.92 Å². The lowest BCUT2D eigenvalue weighted by Gasteiger charge is -2.37. The lowest BCUT2D eigenvalue weighted by atomic mass is 9.79.